The van der Waals surface area contributed by atoms with Gasteiger partial charge in [0, 0.05) is 6.42 Å². The molecule has 0 heterocycles. The summed E-state index contributed by atoms with van der Waals surface area (Å²) in [7, 11) is 0. The molecule has 3 N–H and O–H groups in total. The second kappa shape index (κ2) is 8.08. The molecule has 0 atom stereocenters. The fourth-order valence-electron chi connectivity index (χ4n) is 0.630. The number of hydrogen-bond acceptors (Lipinski definition) is 3. The highest BCUT2D eigenvalue weighted by atomic mass is 16.6. The van der Waals surface area contributed by atoms with Crippen LogP contribution < -0.4 is 5.73 Å². The number of primary amides is 1. The number of hydrogen-bond donors (Lipinski definition) is 2. The van der Waals surface area contributed by atoms with E-state index in [4.69, 9.17) is 10.8 Å². The van der Waals surface area contributed by atoms with E-state index < -0.39 is 17.7 Å². The largest absolute Gasteiger partial charge is 0.481 e. The lowest BCUT2D eigenvalue weighted by atomic mass is 10.2. The Labute approximate surface area is 90.6 Å². The summed E-state index contributed by atoms with van der Waals surface area (Å²) in [6, 6.07) is 0. The third kappa shape index (κ3) is 24.5. The van der Waals surface area contributed by atoms with E-state index in [0.717, 1.165) is 12.8 Å². The van der Waals surface area contributed by atoms with E-state index in [1.807, 2.05) is 6.92 Å². The number of ether oxygens (including phenoxy) is 1. The highest BCUT2D eigenvalue weighted by Crippen LogP contribution is 2.04. The number of carboxylic acids is 1. The maximum atomic E-state index is 10.0. The molecule has 1 amide bonds. The molecule has 0 aromatic carbocycles. The van der Waals surface area contributed by atoms with Crippen LogP contribution in [0.2, 0.25) is 0 Å². The summed E-state index contributed by atoms with van der Waals surface area (Å²) in [5.74, 6) is -0.693. The van der Waals surface area contributed by atoms with E-state index in [2.05, 4.69) is 4.74 Å². The molecule has 5 heteroatoms. The first-order valence-corrected chi connectivity index (χ1v) is 4.89. The van der Waals surface area contributed by atoms with Gasteiger partial charge in [0.05, 0.1) is 0 Å². The average Bonchev–Trinajstić information content (AvgIpc) is 1.96. The Hall–Kier alpha value is -1.26. The second-order valence-corrected chi connectivity index (χ2v) is 4.03. The molecule has 0 aliphatic rings. The number of amides is 1. The first-order valence-electron chi connectivity index (χ1n) is 4.89. The number of carbonyl (C=O) groups excluding carboxylic acids is 1. The highest BCUT2D eigenvalue weighted by molar-refractivity contribution is 5.66. The molecule has 0 fully saturated rings. The molecule has 0 aromatic heterocycles. The van der Waals surface area contributed by atoms with Crippen molar-refractivity contribution in [3.63, 3.8) is 0 Å². The van der Waals surface area contributed by atoms with Crippen molar-refractivity contribution in [1.29, 1.82) is 0 Å². The van der Waals surface area contributed by atoms with Gasteiger partial charge in [-0.3, -0.25) is 4.79 Å². The summed E-state index contributed by atoms with van der Waals surface area (Å²) in [5, 5.41) is 8.04. The van der Waals surface area contributed by atoms with E-state index in [9.17, 15) is 9.59 Å². The third-order valence-corrected chi connectivity index (χ3v) is 1.15. The van der Waals surface area contributed by atoms with Crippen LogP contribution in [0.4, 0.5) is 4.79 Å². The third-order valence-electron chi connectivity index (χ3n) is 1.15. The molecular formula is C10H21NO4. The van der Waals surface area contributed by atoms with E-state index in [1.54, 1.807) is 20.8 Å². The molecule has 0 saturated carbocycles. The van der Waals surface area contributed by atoms with Gasteiger partial charge in [0.25, 0.3) is 0 Å². The van der Waals surface area contributed by atoms with Crippen molar-refractivity contribution in [2.75, 3.05) is 0 Å². The SMILES string of the molecule is CC(C)(C)OC(N)=O.CCCCC(=O)O. The number of aliphatic carboxylic acids is 1. The number of carboxylic acid groups (broad SMARTS) is 1. The molecule has 0 unspecified atom stereocenters. The smallest absolute Gasteiger partial charge is 0.405 e. The first kappa shape index (κ1) is 16.2. The van der Waals surface area contributed by atoms with Crippen molar-refractivity contribution in [3.05, 3.63) is 0 Å². The van der Waals surface area contributed by atoms with Gasteiger partial charge < -0.3 is 15.6 Å². The quantitative estimate of drug-likeness (QED) is 0.760. The summed E-state index contributed by atoms with van der Waals surface area (Å²) < 4.78 is 4.58. The van der Waals surface area contributed by atoms with E-state index in [-0.39, 0.29) is 0 Å². The summed E-state index contributed by atoms with van der Waals surface area (Å²) in [6.07, 6.45) is 1.36. The summed E-state index contributed by atoms with van der Waals surface area (Å²) >= 11 is 0. The fourth-order valence-corrected chi connectivity index (χ4v) is 0.630. The molecule has 0 aromatic rings. The molecular weight excluding hydrogens is 198 g/mol. The van der Waals surface area contributed by atoms with Crippen LogP contribution in [-0.4, -0.2) is 22.8 Å². The van der Waals surface area contributed by atoms with Crippen LogP contribution in [0, 0.1) is 0 Å². The Morgan fingerprint density at radius 2 is 1.80 bits per heavy atom. The van der Waals surface area contributed by atoms with Crippen molar-refractivity contribution in [3.8, 4) is 0 Å². The minimum atomic E-state index is -0.725. The van der Waals surface area contributed by atoms with Gasteiger partial charge in [-0.25, -0.2) is 4.79 Å². The predicted octanol–water partition coefficient (Wildman–Crippen LogP) is 2.14. The van der Waals surface area contributed by atoms with Crippen molar-refractivity contribution >= 4 is 12.1 Å². The van der Waals surface area contributed by atoms with Crippen LogP contribution >= 0.6 is 0 Å². The van der Waals surface area contributed by atoms with Gasteiger partial charge in [0.2, 0.25) is 0 Å². The zero-order valence-corrected chi connectivity index (χ0v) is 9.87. The van der Waals surface area contributed by atoms with Crippen LogP contribution in [0.1, 0.15) is 47.0 Å². The second-order valence-electron chi connectivity index (χ2n) is 4.03. The van der Waals surface area contributed by atoms with E-state index in [0.29, 0.717) is 6.42 Å². The molecule has 90 valence electrons. The van der Waals surface area contributed by atoms with Crippen LogP contribution in [0.3, 0.4) is 0 Å². The average molecular weight is 219 g/mol. The lowest BCUT2D eigenvalue weighted by Crippen LogP contribution is -2.27. The predicted molar refractivity (Wildman–Crippen MR) is 57.6 cm³/mol. The molecule has 0 saturated heterocycles. The Morgan fingerprint density at radius 3 is 1.87 bits per heavy atom. The van der Waals surface area contributed by atoms with Gasteiger partial charge >= 0.3 is 12.1 Å². The highest BCUT2D eigenvalue weighted by Gasteiger charge is 2.12. The van der Waals surface area contributed by atoms with Gasteiger partial charge in [0.1, 0.15) is 5.60 Å². The molecule has 0 aliphatic carbocycles. The lowest BCUT2D eigenvalue weighted by Gasteiger charge is -2.16. The Kier molecular flexibility index (Phi) is 8.72. The Bertz CT molecular complexity index is 196. The van der Waals surface area contributed by atoms with Crippen LogP contribution in [0.15, 0.2) is 0 Å². The first-order chi connectivity index (χ1) is 6.69. The number of unbranched alkanes of at least 4 members (excludes halogenated alkanes) is 1. The van der Waals surface area contributed by atoms with Crippen molar-refractivity contribution in [2.45, 2.75) is 52.6 Å². The van der Waals surface area contributed by atoms with Gasteiger partial charge in [-0.05, 0) is 27.2 Å². The molecule has 0 radical (unpaired) electrons. The summed E-state index contributed by atoms with van der Waals surface area (Å²) in [6.45, 7) is 7.26. The number of carbonyl (C=O) groups is 2. The summed E-state index contributed by atoms with van der Waals surface area (Å²) in [4.78, 5) is 19.8. The molecule has 0 spiro atoms. The maximum Gasteiger partial charge on any atom is 0.405 e. The van der Waals surface area contributed by atoms with Gasteiger partial charge in [-0.15, -0.1) is 0 Å². The standard InChI is InChI=1S/C5H11NO2.C5H10O2/c1-5(2,3)8-4(6)7;1-2-3-4-5(6)7/h1-3H3,(H2,6,7);2-4H2,1H3,(H,6,7). The normalized spacial score (nSPS) is 9.87. The van der Waals surface area contributed by atoms with Gasteiger partial charge in [-0.2, -0.15) is 0 Å². The molecule has 15 heavy (non-hydrogen) atoms. The monoisotopic (exact) mass is 219 g/mol. The molecule has 0 rings (SSSR count). The van der Waals surface area contributed by atoms with Gasteiger partial charge in [0.15, 0.2) is 0 Å². The molecule has 5 nitrogen and oxygen atoms in total. The minimum Gasteiger partial charge on any atom is -0.481 e. The van der Waals surface area contributed by atoms with E-state index in [1.165, 1.54) is 0 Å². The van der Waals surface area contributed by atoms with Crippen LogP contribution in [0.25, 0.3) is 0 Å². The van der Waals surface area contributed by atoms with Crippen LogP contribution in [0.5, 0.6) is 0 Å². The number of nitrogens with two attached hydrogens (primary N) is 1. The lowest BCUT2D eigenvalue weighted by molar-refractivity contribution is -0.137. The maximum absolute atomic E-state index is 10.0. The minimum absolute atomic E-state index is 0.316. The summed E-state index contributed by atoms with van der Waals surface area (Å²) in [5.41, 5.74) is 4.26. The van der Waals surface area contributed by atoms with Crippen LogP contribution in [-0.2, 0) is 9.53 Å². The Morgan fingerprint density at radius 1 is 1.33 bits per heavy atom. The fraction of sp³-hybridized carbons (Fsp3) is 0.800. The van der Waals surface area contributed by atoms with Gasteiger partial charge in [-0.1, -0.05) is 13.3 Å². The molecule has 0 aliphatic heterocycles. The molecule has 0 bridgehead atoms. The zero-order valence-electron chi connectivity index (χ0n) is 9.87. The zero-order chi connectivity index (χ0) is 12.5. The van der Waals surface area contributed by atoms with Crippen molar-refractivity contribution in [1.82, 2.24) is 0 Å². The number of rotatable bonds is 3. The van der Waals surface area contributed by atoms with E-state index >= 15 is 0 Å². The van der Waals surface area contributed by atoms with Crippen molar-refractivity contribution in [2.24, 2.45) is 5.73 Å². The topological polar surface area (TPSA) is 89.6 Å². The van der Waals surface area contributed by atoms with Crippen molar-refractivity contribution < 1.29 is 19.4 Å². The Balaban J connectivity index is 0.